The number of benzene rings is 1. The molecule has 1 saturated heterocycles. The van der Waals surface area contributed by atoms with E-state index in [1.807, 2.05) is 30.9 Å². The maximum atomic E-state index is 12.5. The van der Waals surface area contributed by atoms with Crippen molar-refractivity contribution in [3.8, 4) is 5.75 Å². The lowest BCUT2D eigenvalue weighted by Crippen LogP contribution is -2.41. The highest BCUT2D eigenvalue weighted by molar-refractivity contribution is 5.84. The number of nitrogens with one attached hydrogen (secondary N) is 1. The van der Waals surface area contributed by atoms with Crippen LogP contribution in [0.1, 0.15) is 45.0 Å². The fraction of sp³-hybridized carbons (Fsp3) is 0.588. The van der Waals surface area contributed by atoms with E-state index < -0.39 is 0 Å². The summed E-state index contributed by atoms with van der Waals surface area (Å²) in [6.45, 7) is 10.4. The topological polar surface area (TPSA) is 41.6 Å². The van der Waals surface area contributed by atoms with Crippen LogP contribution in [0.4, 0.5) is 0 Å². The Kier molecular flexibility index (Phi) is 4.57. The molecule has 0 radical (unpaired) electrons. The molecule has 1 fully saturated rings. The SMILES string of the molecule is COc1ccc(C2NC(C)C(=O)N2C(C)C(C)C)cc1C. The average Bonchev–Trinajstić information content (AvgIpc) is 2.74. The molecule has 1 aromatic carbocycles. The predicted molar refractivity (Wildman–Crippen MR) is 84.2 cm³/mol. The van der Waals surface area contributed by atoms with Crippen LogP contribution < -0.4 is 10.1 Å². The normalized spacial score (nSPS) is 23.8. The van der Waals surface area contributed by atoms with Crippen molar-refractivity contribution in [1.82, 2.24) is 10.2 Å². The molecule has 4 heteroatoms. The van der Waals surface area contributed by atoms with E-state index in [0.717, 1.165) is 16.9 Å². The summed E-state index contributed by atoms with van der Waals surface area (Å²) in [5, 5.41) is 3.41. The molecular weight excluding hydrogens is 264 g/mol. The number of aryl methyl sites for hydroxylation is 1. The van der Waals surface area contributed by atoms with Crippen LogP contribution >= 0.6 is 0 Å². The summed E-state index contributed by atoms with van der Waals surface area (Å²) < 4.78 is 5.32. The van der Waals surface area contributed by atoms with Crippen molar-refractivity contribution in [3.63, 3.8) is 0 Å². The molecule has 3 unspecified atom stereocenters. The van der Waals surface area contributed by atoms with Crippen LogP contribution in [0.2, 0.25) is 0 Å². The van der Waals surface area contributed by atoms with E-state index in [9.17, 15) is 4.79 Å². The van der Waals surface area contributed by atoms with Gasteiger partial charge in [0.05, 0.1) is 13.2 Å². The van der Waals surface area contributed by atoms with E-state index in [2.05, 4.69) is 32.2 Å². The van der Waals surface area contributed by atoms with Crippen LogP contribution in [0.5, 0.6) is 5.75 Å². The van der Waals surface area contributed by atoms with E-state index in [-0.39, 0.29) is 24.2 Å². The number of rotatable bonds is 4. The van der Waals surface area contributed by atoms with Gasteiger partial charge in [0.2, 0.25) is 5.91 Å². The summed E-state index contributed by atoms with van der Waals surface area (Å²) in [7, 11) is 1.68. The quantitative estimate of drug-likeness (QED) is 0.927. The van der Waals surface area contributed by atoms with Crippen LogP contribution in [0.3, 0.4) is 0 Å². The molecule has 0 aliphatic carbocycles. The third kappa shape index (κ3) is 2.91. The maximum Gasteiger partial charge on any atom is 0.241 e. The average molecular weight is 290 g/mol. The minimum atomic E-state index is -0.140. The van der Waals surface area contributed by atoms with Crippen molar-refractivity contribution in [3.05, 3.63) is 29.3 Å². The Hall–Kier alpha value is -1.55. The standard InChI is InChI=1S/C17H26N2O2/c1-10(2)13(5)19-16(18-12(4)17(19)20)14-7-8-15(21-6)11(3)9-14/h7-10,12-13,16,18H,1-6H3. The van der Waals surface area contributed by atoms with Gasteiger partial charge in [0.25, 0.3) is 0 Å². The Labute approximate surface area is 127 Å². The molecule has 0 saturated carbocycles. The minimum absolute atomic E-state index is 0.0606. The highest BCUT2D eigenvalue weighted by Gasteiger charge is 2.40. The van der Waals surface area contributed by atoms with Crippen molar-refractivity contribution < 1.29 is 9.53 Å². The largest absolute Gasteiger partial charge is 0.496 e. The predicted octanol–water partition coefficient (Wildman–Crippen LogP) is 2.87. The van der Waals surface area contributed by atoms with Gasteiger partial charge in [0.15, 0.2) is 0 Å². The smallest absolute Gasteiger partial charge is 0.241 e. The monoisotopic (exact) mass is 290 g/mol. The summed E-state index contributed by atoms with van der Waals surface area (Å²) in [6.07, 6.45) is -0.0606. The first-order valence-corrected chi connectivity index (χ1v) is 7.59. The lowest BCUT2D eigenvalue weighted by molar-refractivity contribution is -0.132. The number of hydrogen-bond donors (Lipinski definition) is 1. The van der Waals surface area contributed by atoms with Crippen LogP contribution in [0.25, 0.3) is 0 Å². The molecule has 0 bridgehead atoms. The van der Waals surface area contributed by atoms with E-state index in [0.29, 0.717) is 5.92 Å². The third-order valence-electron chi connectivity index (χ3n) is 4.45. The maximum absolute atomic E-state index is 12.5. The van der Waals surface area contributed by atoms with Crippen LogP contribution in [-0.2, 0) is 4.79 Å². The zero-order chi connectivity index (χ0) is 15.7. The van der Waals surface area contributed by atoms with Gasteiger partial charge in [-0.15, -0.1) is 0 Å². The molecule has 1 aromatic rings. The molecule has 4 nitrogen and oxygen atoms in total. The van der Waals surface area contributed by atoms with Gasteiger partial charge in [0.1, 0.15) is 11.9 Å². The Balaban J connectivity index is 2.36. The van der Waals surface area contributed by atoms with Crippen molar-refractivity contribution in [2.45, 2.75) is 52.9 Å². The van der Waals surface area contributed by atoms with E-state index in [1.165, 1.54) is 0 Å². The van der Waals surface area contributed by atoms with Gasteiger partial charge < -0.3 is 9.64 Å². The molecule has 1 aliphatic rings. The molecule has 2 rings (SSSR count). The third-order valence-corrected chi connectivity index (χ3v) is 4.45. The van der Waals surface area contributed by atoms with Crippen LogP contribution in [0, 0.1) is 12.8 Å². The number of carbonyl (C=O) groups is 1. The summed E-state index contributed by atoms with van der Waals surface area (Å²) in [6, 6.07) is 6.16. The molecule has 1 amide bonds. The van der Waals surface area contributed by atoms with E-state index in [4.69, 9.17) is 4.74 Å². The first kappa shape index (κ1) is 15.8. The Morgan fingerprint density at radius 3 is 2.48 bits per heavy atom. The van der Waals surface area contributed by atoms with Gasteiger partial charge in [-0.25, -0.2) is 0 Å². The van der Waals surface area contributed by atoms with Crippen LogP contribution in [-0.4, -0.2) is 30.0 Å². The number of carbonyl (C=O) groups excluding carboxylic acids is 1. The van der Waals surface area contributed by atoms with Gasteiger partial charge in [0, 0.05) is 6.04 Å². The summed E-state index contributed by atoms with van der Waals surface area (Å²) in [4.78, 5) is 14.5. The minimum Gasteiger partial charge on any atom is -0.496 e. The van der Waals surface area contributed by atoms with Gasteiger partial charge in [-0.1, -0.05) is 19.9 Å². The van der Waals surface area contributed by atoms with Crippen LogP contribution in [0.15, 0.2) is 18.2 Å². The molecule has 21 heavy (non-hydrogen) atoms. The molecule has 3 atom stereocenters. The second-order valence-electron chi connectivity index (χ2n) is 6.25. The molecular formula is C17H26N2O2. The van der Waals surface area contributed by atoms with Crippen molar-refractivity contribution >= 4 is 5.91 Å². The number of hydrogen-bond acceptors (Lipinski definition) is 3. The van der Waals surface area contributed by atoms with Gasteiger partial charge in [-0.05, 0) is 49.9 Å². The summed E-state index contributed by atoms with van der Waals surface area (Å²) >= 11 is 0. The zero-order valence-corrected chi connectivity index (χ0v) is 13.8. The highest BCUT2D eigenvalue weighted by Crippen LogP contribution is 2.32. The van der Waals surface area contributed by atoms with Gasteiger partial charge >= 0.3 is 0 Å². The molecule has 0 spiro atoms. The highest BCUT2D eigenvalue weighted by atomic mass is 16.5. The number of methoxy groups -OCH3 is 1. The number of amides is 1. The number of ether oxygens (including phenoxy) is 1. The van der Waals surface area contributed by atoms with Gasteiger partial charge in [-0.2, -0.15) is 0 Å². The molecule has 1 heterocycles. The van der Waals surface area contributed by atoms with Crippen molar-refractivity contribution in [1.29, 1.82) is 0 Å². The Morgan fingerprint density at radius 1 is 1.29 bits per heavy atom. The summed E-state index contributed by atoms with van der Waals surface area (Å²) in [5.41, 5.74) is 2.19. The Morgan fingerprint density at radius 2 is 1.95 bits per heavy atom. The first-order chi connectivity index (χ1) is 9.86. The van der Waals surface area contributed by atoms with E-state index in [1.54, 1.807) is 7.11 Å². The fourth-order valence-electron chi connectivity index (χ4n) is 2.82. The molecule has 0 aromatic heterocycles. The zero-order valence-electron chi connectivity index (χ0n) is 13.8. The van der Waals surface area contributed by atoms with Crippen molar-refractivity contribution in [2.75, 3.05) is 7.11 Å². The lowest BCUT2D eigenvalue weighted by Gasteiger charge is -2.33. The molecule has 116 valence electrons. The lowest BCUT2D eigenvalue weighted by atomic mass is 10.0. The van der Waals surface area contributed by atoms with E-state index >= 15 is 0 Å². The fourth-order valence-corrected chi connectivity index (χ4v) is 2.82. The van der Waals surface area contributed by atoms with Gasteiger partial charge in [-0.3, -0.25) is 10.1 Å². The molecule has 1 N–H and O–H groups in total. The number of nitrogens with zero attached hydrogens (tertiary/aromatic N) is 1. The second-order valence-corrected chi connectivity index (χ2v) is 6.25. The second kappa shape index (κ2) is 6.06. The molecule has 1 aliphatic heterocycles. The van der Waals surface area contributed by atoms with Crippen molar-refractivity contribution in [2.24, 2.45) is 5.92 Å². The summed E-state index contributed by atoms with van der Waals surface area (Å²) in [5.74, 6) is 1.47. The Bertz CT molecular complexity index is 528. The first-order valence-electron chi connectivity index (χ1n) is 7.59.